The second-order valence-electron chi connectivity index (χ2n) is 6.88. The van der Waals surface area contributed by atoms with E-state index >= 15 is 0 Å². The van der Waals surface area contributed by atoms with E-state index < -0.39 is 11.5 Å². The zero-order valence-electron chi connectivity index (χ0n) is 15.7. The maximum Gasteiger partial charge on any atom is 0.335 e. The first kappa shape index (κ1) is 18.4. The first-order valence-corrected chi connectivity index (χ1v) is 9.07. The van der Waals surface area contributed by atoms with Crippen LogP contribution in [0.4, 0.5) is 0 Å². The van der Waals surface area contributed by atoms with E-state index in [0.29, 0.717) is 11.1 Å². The van der Waals surface area contributed by atoms with Gasteiger partial charge in [-0.1, -0.05) is 60.7 Å². The highest BCUT2D eigenvalue weighted by molar-refractivity contribution is 6.09. The number of rotatable bonds is 4. The van der Waals surface area contributed by atoms with Gasteiger partial charge in [0.2, 0.25) is 0 Å². The van der Waals surface area contributed by atoms with Crippen molar-refractivity contribution in [2.24, 2.45) is 10.7 Å². The zero-order valence-corrected chi connectivity index (χ0v) is 15.7. The Hall–Kier alpha value is -3.93. The summed E-state index contributed by atoms with van der Waals surface area (Å²) in [6.07, 6.45) is 0. The summed E-state index contributed by atoms with van der Waals surface area (Å²) < 4.78 is 0. The summed E-state index contributed by atoms with van der Waals surface area (Å²) in [7, 11) is 1.60. The fourth-order valence-electron chi connectivity index (χ4n) is 3.62. The zero-order chi connectivity index (χ0) is 20.6. The van der Waals surface area contributed by atoms with Crippen molar-refractivity contribution in [3.63, 3.8) is 0 Å². The average molecular weight is 385 g/mol. The Morgan fingerprint density at radius 3 is 2.17 bits per heavy atom. The maximum absolute atomic E-state index is 13.3. The van der Waals surface area contributed by atoms with Crippen LogP contribution >= 0.6 is 0 Å². The van der Waals surface area contributed by atoms with Crippen LogP contribution < -0.4 is 5.73 Å². The standard InChI is InChI=1S/C23H19N3O3/c1-26-21(29)23(25-22(26)24,18-10-3-2-4-11-18)19-12-6-8-16(14-19)15-7-5-9-17(13-15)20(27)28/h2-14H,1H3,(H2,24,25)(H,27,28). The van der Waals surface area contributed by atoms with Gasteiger partial charge in [0.15, 0.2) is 11.5 Å². The highest BCUT2D eigenvalue weighted by atomic mass is 16.4. The summed E-state index contributed by atoms with van der Waals surface area (Å²) in [6.45, 7) is 0. The fraction of sp³-hybridized carbons (Fsp3) is 0.0870. The van der Waals surface area contributed by atoms with Gasteiger partial charge < -0.3 is 10.8 Å². The summed E-state index contributed by atoms with van der Waals surface area (Å²) in [6, 6.07) is 23.4. The molecule has 1 heterocycles. The normalized spacial score (nSPS) is 18.6. The number of nitrogens with two attached hydrogens (primary N) is 1. The van der Waals surface area contributed by atoms with E-state index in [1.54, 1.807) is 25.2 Å². The topological polar surface area (TPSA) is 96.0 Å². The van der Waals surface area contributed by atoms with Crippen LogP contribution in [-0.2, 0) is 10.3 Å². The Morgan fingerprint density at radius 2 is 1.55 bits per heavy atom. The van der Waals surface area contributed by atoms with Crippen molar-refractivity contribution in [2.45, 2.75) is 5.54 Å². The van der Waals surface area contributed by atoms with Crippen LogP contribution in [-0.4, -0.2) is 34.9 Å². The molecule has 0 aliphatic carbocycles. The number of amides is 1. The van der Waals surface area contributed by atoms with E-state index in [2.05, 4.69) is 4.99 Å². The lowest BCUT2D eigenvalue weighted by atomic mass is 9.81. The molecule has 1 atom stereocenters. The minimum atomic E-state index is -1.28. The van der Waals surface area contributed by atoms with Crippen LogP contribution in [0.3, 0.4) is 0 Å². The van der Waals surface area contributed by atoms with Gasteiger partial charge in [-0.15, -0.1) is 0 Å². The molecule has 1 amide bonds. The number of likely N-dealkylation sites (N-methyl/N-ethyl adjacent to an activating group) is 1. The van der Waals surface area contributed by atoms with E-state index in [0.717, 1.165) is 11.1 Å². The van der Waals surface area contributed by atoms with E-state index in [-0.39, 0.29) is 17.4 Å². The predicted molar refractivity (Wildman–Crippen MR) is 110 cm³/mol. The Kier molecular flexibility index (Phi) is 4.39. The molecule has 29 heavy (non-hydrogen) atoms. The molecule has 1 aliphatic heterocycles. The van der Waals surface area contributed by atoms with Gasteiger partial charge >= 0.3 is 5.97 Å². The van der Waals surface area contributed by atoms with Crippen molar-refractivity contribution < 1.29 is 14.7 Å². The van der Waals surface area contributed by atoms with Crippen LogP contribution in [0.15, 0.2) is 83.9 Å². The smallest absolute Gasteiger partial charge is 0.335 e. The predicted octanol–water partition coefficient (Wildman–Crippen LogP) is 3.08. The van der Waals surface area contributed by atoms with Crippen molar-refractivity contribution >= 4 is 17.8 Å². The number of carbonyl (C=O) groups is 2. The Labute approximate surface area is 167 Å². The lowest BCUT2D eigenvalue weighted by Crippen LogP contribution is -2.41. The van der Waals surface area contributed by atoms with Crippen molar-refractivity contribution in [1.82, 2.24) is 4.90 Å². The van der Waals surface area contributed by atoms with Gasteiger partial charge in [-0.05, 0) is 40.5 Å². The molecule has 0 saturated carbocycles. The summed E-state index contributed by atoms with van der Waals surface area (Å²) in [5, 5.41) is 9.28. The minimum Gasteiger partial charge on any atom is -0.478 e. The molecule has 3 aromatic carbocycles. The average Bonchev–Trinajstić information content (AvgIpc) is 2.99. The minimum absolute atomic E-state index is 0.150. The fourth-order valence-corrected chi connectivity index (χ4v) is 3.62. The molecule has 1 unspecified atom stereocenters. The third kappa shape index (κ3) is 2.95. The first-order valence-electron chi connectivity index (χ1n) is 9.07. The molecule has 0 spiro atoms. The molecule has 0 saturated heterocycles. The van der Waals surface area contributed by atoms with Crippen molar-refractivity contribution in [1.29, 1.82) is 0 Å². The largest absolute Gasteiger partial charge is 0.478 e. The number of carboxylic acids is 1. The molecule has 1 aliphatic rings. The second-order valence-corrected chi connectivity index (χ2v) is 6.88. The summed E-state index contributed by atoms with van der Waals surface area (Å²) in [5.41, 5.74) is 7.85. The number of hydrogen-bond acceptors (Lipinski definition) is 4. The molecule has 6 nitrogen and oxygen atoms in total. The van der Waals surface area contributed by atoms with Crippen LogP contribution in [0, 0.1) is 0 Å². The highest BCUT2D eigenvalue weighted by Crippen LogP contribution is 2.40. The number of aliphatic imine (C=N–C) groups is 1. The van der Waals surface area contributed by atoms with E-state index in [9.17, 15) is 14.7 Å². The Balaban J connectivity index is 1.91. The third-order valence-electron chi connectivity index (χ3n) is 5.15. The number of aromatic carboxylic acids is 1. The highest BCUT2D eigenvalue weighted by Gasteiger charge is 2.49. The quantitative estimate of drug-likeness (QED) is 0.721. The number of nitrogens with zero attached hydrogens (tertiary/aromatic N) is 2. The van der Waals surface area contributed by atoms with Crippen molar-refractivity contribution in [3.8, 4) is 11.1 Å². The van der Waals surface area contributed by atoms with Crippen LogP contribution in [0.25, 0.3) is 11.1 Å². The molecule has 0 fully saturated rings. The summed E-state index contributed by atoms with van der Waals surface area (Å²) >= 11 is 0. The van der Waals surface area contributed by atoms with Gasteiger partial charge in [-0.3, -0.25) is 9.69 Å². The van der Waals surface area contributed by atoms with Gasteiger partial charge in [-0.2, -0.15) is 0 Å². The molecular weight excluding hydrogens is 366 g/mol. The SMILES string of the molecule is CN1C(=O)C(c2ccccc2)(c2cccc(-c3cccc(C(=O)O)c3)c2)N=C1N. The van der Waals surface area contributed by atoms with Gasteiger partial charge in [0.1, 0.15) is 0 Å². The van der Waals surface area contributed by atoms with E-state index in [4.69, 9.17) is 5.73 Å². The second kappa shape index (κ2) is 6.91. The van der Waals surface area contributed by atoms with Crippen LogP contribution in [0.2, 0.25) is 0 Å². The molecule has 4 rings (SSSR count). The monoisotopic (exact) mass is 385 g/mol. The van der Waals surface area contributed by atoms with Crippen molar-refractivity contribution in [2.75, 3.05) is 7.05 Å². The molecule has 6 heteroatoms. The lowest BCUT2D eigenvalue weighted by Gasteiger charge is -2.26. The van der Waals surface area contributed by atoms with E-state index in [1.165, 1.54) is 4.90 Å². The number of carboxylic acid groups (broad SMARTS) is 1. The Morgan fingerprint density at radius 1 is 0.931 bits per heavy atom. The number of hydrogen-bond donors (Lipinski definition) is 2. The third-order valence-corrected chi connectivity index (χ3v) is 5.15. The van der Waals surface area contributed by atoms with Gasteiger partial charge in [0, 0.05) is 7.05 Å². The van der Waals surface area contributed by atoms with E-state index in [1.807, 2.05) is 60.7 Å². The van der Waals surface area contributed by atoms with Crippen LogP contribution in [0.1, 0.15) is 21.5 Å². The van der Waals surface area contributed by atoms with Crippen LogP contribution in [0.5, 0.6) is 0 Å². The maximum atomic E-state index is 13.3. The molecule has 3 N–H and O–H groups in total. The number of carbonyl (C=O) groups excluding carboxylic acids is 1. The Bertz CT molecular complexity index is 1140. The molecule has 144 valence electrons. The number of benzene rings is 3. The first-order chi connectivity index (χ1) is 13.9. The van der Waals surface area contributed by atoms with Crippen molar-refractivity contribution in [3.05, 3.63) is 95.6 Å². The van der Waals surface area contributed by atoms with Gasteiger partial charge in [0.05, 0.1) is 5.56 Å². The molecule has 3 aromatic rings. The molecule has 0 bridgehead atoms. The van der Waals surface area contributed by atoms with Gasteiger partial charge in [-0.25, -0.2) is 9.79 Å². The molecule has 0 aromatic heterocycles. The molecular formula is C23H19N3O3. The summed E-state index contributed by atoms with van der Waals surface area (Å²) in [5.74, 6) is -1.08. The summed E-state index contributed by atoms with van der Waals surface area (Å²) in [4.78, 5) is 30.5. The number of guanidine groups is 1. The lowest BCUT2D eigenvalue weighted by molar-refractivity contribution is -0.129. The molecule has 0 radical (unpaired) electrons. The van der Waals surface area contributed by atoms with Gasteiger partial charge in [0.25, 0.3) is 5.91 Å².